The summed E-state index contributed by atoms with van der Waals surface area (Å²) in [5.74, 6) is 0.671. The standard InChI is InChI=1S/C12H23N3O3S/c1-9-4-10(13)6-15(5-9)7-12(16)14-11-2-3-19(17,18)8-11/h9-11H,2-8,13H2,1H3,(H,14,16). The zero-order chi connectivity index (χ0) is 14.0. The smallest absolute Gasteiger partial charge is 0.234 e. The highest BCUT2D eigenvalue weighted by molar-refractivity contribution is 7.91. The Morgan fingerprint density at radius 1 is 1.42 bits per heavy atom. The Labute approximate surface area is 114 Å². The number of hydrogen-bond donors (Lipinski definition) is 2. The molecule has 110 valence electrons. The van der Waals surface area contributed by atoms with E-state index in [4.69, 9.17) is 5.73 Å². The summed E-state index contributed by atoms with van der Waals surface area (Å²) in [5, 5.41) is 2.81. The molecule has 3 atom stereocenters. The van der Waals surface area contributed by atoms with Crippen molar-refractivity contribution in [1.29, 1.82) is 0 Å². The molecule has 0 radical (unpaired) electrons. The van der Waals surface area contributed by atoms with Gasteiger partial charge in [0.25, 0.3) is 0 Å². The fourth-order valence-electron chi connectivity index (χ4n) is 3.03. The molecule has 0 spiro atoms. The number of likely N-dealkylation sites (tertiary alicyclic amines) is 1. The van der Waals surface area contributed by atoms with Crippen molar-refractivity contribution >= 4 is 15.7 Å². The summed E-state index contributed by atoms with van der Waals surface area (Å²) >= 11 is 0. The first-order chi connectivity index (χ1) is 8.84. The Morgan fingerprint density at radius 3 is 2.74 bits per heavy atom. The van der Waals surface area contributed by atoms with Gasteiger partial charge in [0.1, 0.15) is 0 Å². The Kier molecular flexibility index (Phi) is 4.47. The molecule has 2 aliphatic heterocycles. The number of piperidine rings is 1. The minimum atomic E-state index is -2.94. The van der Waals surface area contributed by atoms with Crippen molar-refractivity contribution in [2.45, 2.75) is 31.8 Å². The van der Waals surface area contributed by atoms with Crippen LogP contribution in [-0.2, 0) is 14.6 Å². The van der Waals surface area contributed by atoms with Gasteiger partial charge < -0.3 is 11.1 Å². The van der Waals surface area contributed by atoms with Gasteiger partial charge in [0, 0.05) is 25.2 Å². The van der Waals surface area contributed by atoms with Gasteiger partial charge in [0.05, 0.1) is 18.1 Å². The van der Waals surface area contributed by atoms with Crippen molar-refractivity contribution < 1.29 is 13.2 Å². The van der Waals surface area contributed by atoms with Crippen LogP contribution in [0.5, 0.6) is 0 Å². The topological polar surface area (TPSA) is 92.5 Å². The molecule has 0 aromatic rings. The van der Waals surface area contributed by atoms with E-state index in [1.54, 1.807) is 0 Å². The summed E-state index contributed by atoms with van der Waals surface area (Å²) in [5.41, 5.74) is 5.94. The quantitative estimate of drug-likeness (QED) is 0.692. The van der Waals surface area contributed by atoms with Crippen LogP contribution in [0, 0.1) is 5.92 Å². The number of nitrogens with zero attached hydrogens (tertiary/aromatic N) is 1. The van der Waals surface area contributed by atoms with E-state index in [1.165, 1.54) is 0 Å². The van der Waals surface area contributed by atoms with Gasteiger partial charge in [-0.1, -0.05) is 6.92 Å². The van der Waals surface area contributed by atoms with Gasteiger partial charge in [0.15, 0.2) is 9.84 Å². The normalized spacial score (nSPS) is 35.2. The molecule has 0 aromatic heterocycles. The molecule has 0 aromatic carbocycles. The van der Waals surface area contributed by atoms with E-state index < -0.39 is 9.84 Å². The highest BCUT2D eigenvalue weighted by Gasteiger charge is 2.30. The van der Waals surface area contributed by atoms with Crippen LogP contribution >= 0.6 is 0 Å². The maximum atomic E-state index is 11.9. The predicted molar refractivity (Wildman–Crippen MR) is 73.4 cm³/mol. The van der Waals surface area contributed by atoms with Crippen molar-refractivity contribution in [2.24, 2.45) is 11.7 Å². The molecule has 2 rings (SSSR count). The van der Waals surface area contributed by atoms with Crippen molar-refractivity contribution in [3.63, 3.8) is 0 Å². The third kappa shape index (κ3) is 4.43. The number of nitrogens with two attached hydrogens (primary N) is 1. The zero-order valence-corrected chi connectivity index (χ0v) is 12.2. The first-order valence-electron chi connectivity index (χ1n) is 6.82. The molecule has 0 saturated carbocycles. The first kappa shape index (κ1) is 14.7. The second-order valence-corrected chi connectivity index (χ2v) is 8.19. The Hall–Kier alpha value is -0.660. The molecule has 2 fully saturated rings. The van der Waals surface area contributed by atoms with Crippen LogP contribution in [0.4, 0.5) is 0 Å². The molecule has 2 saturated heterocycles. The Bertz CT molecular complexity index is 428. The second-order valence-electron chi connectivity index (χ2n) is 5.96. The molecule has 1 amide bonds. The lowest BCUT2D eigenvalue weighted by Gasteiger charge is -2.34. The molecule has 19 heavy (non-hydrogen) atoms. The van der Waals surface area contributed by atoms with E-state index in [9.17, 15) is 13.2 Å². The van der Waals surface area contributed by atoms with E-state index in [0.717, 1.165) is 19.5 Å². The predicted octanol–water partition coefficient (Wildman–Crippen LogP) is -1.04. The highest BCUT2D eigenvalue weighted by Crippen LogP contribution is 2.15. The third-order valence-corrected chi connectivity index (χ3v) is 5.50. The van der Waals surface area contributed by atoms with E-state index in [-0.39, 0.29) is 29.5 Å². The van der Waals surface area contributed by atoms with Crippen molar-refractivity contribution in [3.8, 4) is 0 Å². The van der Waals surface area contributed by atoms with Crippen molar-refractivity contribution in [1.82, 2.24) is 10.2 Å². The zero-order valence-electron chi connectivity index (χ0n) is 11.3. The van der Waals surface area contributed by atoms with E-state index in [1.807, 2.05) is 0 Å². The number of nitrogens with one attached hydrogen (secondary N) is 1. The summed E-state index contributed by atoms with van der Waals surface area (Å²) in [6, 6.07) is -0.0863. The van der Waals surface area contributed by atoms with Crippen LogP contribution < -0.4 is 11.1 Å². The summed E-state index contributed by atoms with van der Waals surface area (Å²) in [7, 11) is -2.94. The fraction of sp³-hybridized carbons (Fsp3) is 0.917. The number of carbonyl (C=O) groups is 1. The van der Waals surface area contributed by atoms with Gasteiger partial charge in [-0.15, -0.1) is 0 Å². The maximum absolute atomic E-state index is 11.9. The van der Waals surface area contributed by atoms with Crippen molar-refractivity contribution in [2.75, 3.05) is 31.1 Å². The molecular formula is C12H23N3O3S. The van der Waals surface area contributed by atoms with Gasteiger partial charge in [-0.05, 0) is 18.8 Å². The van der Waals surface area contributed by atoms with E-state index in [0.29, 0.717) is 18.9 Å². The van der Waals surface area contributed by atoms with E-state index >= 15 is 0 Å². The summed E-state index contributed by atoms with van der Waals surface area (Å²) < 4.78 is 22.6. The van der Waals surface area contributed by atoms with Crippen LogP contribution in [0.25, 0.3) is 0 Å². The van der Waals surface area contributed by atoms with Crippen LogP contribution in [0.2, 0.25) is 0 Å². The van der Waals surface area contributed by atoms with Gasteiger partial charge >= 0.3 is 0 Å². The summed E-state index contributed by atoms with van der Waals surface area (Å²) in [6.45, 7) is 4.06. The monoisotopic (exact) mass is 289 g/mol. The molecule has 0 bridgehead atoms. The molecular weight excluding hydrogens is 266 g/mol. The summed E-state index contributed by atoms with van der Waals surface area (Å²) in [6.07, 6.45) is 1.53. The molecule has 0 aliphatic carbocycles. The largest absolute Gasteiger partial charge is 0.351 e. The third-order valence-electron chi connectivity index (χ3n) is 3.73. The van der Waals surface area contributed by atoms with E-state index in [2.05, 4.69) is 17.1 Å². The number of carbonyl (C=O) groups excluding carboxylic acids is 1. The molecule has 2 heterocycles. The minimum absolute atomic E-state index is 0.0780. The lowest BCUT2D eigenvalue weighted by Crippen LogP contribution is -2.50. The van der Waals surface area contributed by atoms with Crippen LogP contribution in [0.3, 0.4) is 0 Å². The van der Waals surface area contributed by atoms with Gasteiger partial charge in [0.2, 0.25) is 5.91 Å². The number of hydrogen-bond acceptors (Lipinski definition) is 5. The van der Waals surface area contributed by atoms with Crippen LogP contribution in [0.1, 0.15) is 19.8 Å². The number of sulfone groups is 1. The van der Waals surface area contributed by atoms with Crippen LogP contribution in [0.15, 0.2) is 0 Å². The maximum Gasteiger partial charge on any atom is 0.234 e. The molecule has 3 N–H and O–H groups in total. The highest BCUT2D eigenvalue weighted by atomic mass is 32.2. The lowest BCUT2D eigenvalue weighted by atomic mass is 9.97. The number of amides is 1. The summed E-state index contributed by atoms with van der Waals surface area (Å²) in [4.78, 5) is 14.0. The van der Waals surface area contributed by atoms with Crippen molar-refractivity contribution in [3.05, 3.63) is 0 Å². The van der Waals surface area contributed by atoms with Gasteiger partial charge in [-0.25, -0.2) is 8.42 Å². The van der Waals surface area contributed by atoms with Gasteiger partial charge in [-0.3, -0.25) is 9.69 Å². The number of rotatable bonds is 3. The Balaban J connectivity index is 1.78. The Morgan fingerprint density at radius 2 is 2.16 bits per heavy atom. The average Bonchev–Trinajstić information content (AvgIpc) is 2.55. The van der Waals surface area contributed by atoms with Gasteiger partial charge in [-0.2, -0.15) is 0 Å². The molecule has 6 nitrogen and oxygen atoms in total. The minimum Gasteiger partial charge on any atom is -0.351 e. The average molecular weight is 289 g/mol. The fourth-order valence-corrected chi connectivity index (χ4v) is 4.70. The second kappa shape index (κ2) is 5.76. The van der Waals surface area contributed by atoms with Crippen LogP contribution in [-0.4, -0.2) is 62.4 Å². The SMILES string of the molecule is CC1CC(N)CN(CC(=O)NC2CCS(=O)(=O)C2)C1. The molecule has 2 aliphatic rings. The molecule has 7 heteroatoms. The molecule has 3 unspecified atom stereocenters. The first-order valence-corrected chi connectivity index (χ1v) is 8.64. The lowest BCUT2D eigenvalue weighted by molar-refractivity contribution is -0.123.